The number of para-hydroxylation sites is 1. The molecule has 0 aliphatic carbocycles. The molecule has 0 spiro atoms. The zero-order valence-corrected chi connectivity index (χ0v) is 20.2. The third-order valence-corrected chi connectivity index (χ3v) is 7.54. The first-order valence-corrected chi connectivity index (χ1v) is 12.6. The Morgan fingerprint density at radius 2 is 1.85 bits per heavy atom. The zero-order chi connectivity index (χ0) is 23.7. The van der Waals surface area contributed by atoms with E-state index in [2.05, 4.69) is 38.7 Å². The van der Waals surface area contributed by atoms with Crippen LogP contribution in [-0.2, 0) is 5.75 Å². The van der Waals surface area contributed by atoms with Crippen molar-refractivity contribution in [2.75, 3.05) is 13.1 Å². The molecule has 5 rings (SSSR count). The largest absolute Gasteiger partial charge is 0.508 e. The summed E-state index contributed by atoms with van der Waals surface area (Å²) in [5, 5.41) is 20.8. The second-order valence-corrected chi connectivity index (χ2v) is 9.69. The van der Waals surface area contributed by atoms with Crippen molar-refractivity contribution in [3.8, 4) is 11.4 Å². The molecule has 7 nitrogen and oxygen atoms in total. The number of hydrogen-bond donors (Lipinski definition) is 1. The van der Waals surface area contributed by atoms with Crippen LogP contribution in [0.3, 0.4) is 0 Å². The van der Waals surface area contributed by atoms with Crippen LogP contribution in [0.25, 0.3) is 16.7 Å². The molecule has 1 aliphatic heterocycles. The van der Waals surface area contributed by atoms with Crippen molar-refractivity contribution in [1.82, 2.24) is 19.7 Å². The van der Waals surface area contributed by atoms with E-state index >= 15 is 0 Å². The lowest BCUT2D eigenvalue weighted by Crippen LogP contribution is -2.33. The molecular weight excluding hydrogens is 448 g/mol. The molecule has 1 N–H and O–H groups in total. The van der Waals surface area contributed by atoms with E-state index in [4.69, 9.17) is 4.42 Å². The molecule has 34 heavy (non-hydrogen) atoms. The number of phenolic OH excluding ortho intramolecular Hbond substituents is 1. The first kappa shape index (κ1) is 22.7. The molecule has 1 aliphatic rings. The van der Waals surface area contributed by atoms with Crippen LogP contribution in [0.5, 0.6) is 5.75 Å². The number of fused-ring (bicyclic) bond motifs is 1. The van der Waals surface area contributed by atoms with Crippen molar-refractivity contribution in [2.24, 2.45) is 0 Å². The van der Waals surface area contributed by atoms with Gasteiger partial charge in [-0.15, -0.1) is 10.2 Å². The van der Waals surface area contributed by atoms with Crippen molar-refractivity contribution in [1.29, 1.82) is 0 Å². The maximum absolute atomic E-state index is 12.2. The number of likely N-dealkylation sites (tertiary alicyclic amines) is 1. The molecule has 2 aromatic heterocycles. The third kappa shape index (κ3) is 4.35. The van der Waals surface area contributed by atoms with Gasteiger partial charge >= 0.3 is 5.63 Å². The second kappa shape index (κ2) is 9.64. The van der Waals surface area contributed by atoms with E-state index in [1.807, 2.05) is 18.2 Å². The fourth-order valence-electron chi connectivity index (χ4n) is 4.61. The van der Waals surface area contributed by atoms with Crippen molar-refractivity contribution in [3.05, 3.63) is 75.9 Å². The Morgan fingerprint density at radius 1 is 1.09 bits per heavy atom. The summed E-state index contributed by atoms with van der Waals surface area (Å²) in [7, 11) is 0. The topological polar surface area (TPSA) is 84.4 Å². The molecular formula is C26H28N4O3S. The van der Waals surface area contributed by atoms with Gasteiger partial charge in [-0.25, -0.2) is 4.79 Å². The summed E-state index contributed by atoms with van der Waals surface area (Å²) in [6.45, 7) is 6.10. The van der Waals surface area contributed by atoms with Crippen LogP contribution >= 0.6 is 11.8 Å². The Hall–Kier alpha value is -3.10. The predicted octanol–water partition coefficient (Wildman–Crippen LogP) is 5.23. The van der Waals surface area contributed by atoms with Gasteiger partial charge in [-0.2, -0.15) is 0 Å². The molecule has 0 saturated carbocycles. The third-order valence-electron chi connectivity index (χ3n) is 6.56. The van der Waals surface area contributed by atoms with Crippen molar-refractivity contribution < 1.29 is 9.52 Å². The van der Waals surface area contributed by atoms with E-state index in [9.17, 15) is 9.90 Å². The van der Waals surface area contributed by atoms with E-state index in [0.29, 0.717) is 16.9 Å². The number of aryl methyl sites for hydroxylation is 1. The zero-order valence-electron chi connectivity index (χ0n) is 19.4. The van der Waals surface area contributed by atoms with Crippen LogP contribution in [0.15, 0.2) is 62.9 Å². The number of aromatic hydroxyl groups is 1. The van der Waals surface area contributed by atoms with Crippen LogP contribution in [0.4, 0.5) is 0 Å². The normalized spacial score (nSPS) is 15.6. The number of thioether (sulfide) groups is 1. The summed E-state index contributed by atoms with van der Waals surface area (Å²) in [5.41, 5.74) is 2.42. The minimum atomic E-state index is -0.430. The molecule has 1 atom stereocenters. The maximum Gasteiger partial charge on any atom is 0.336 e. The van der Waals surface area contributed by atoms with Crippen LogP contribution in [-0.4, -0.2) is 37.9 Å². The molecule has 0 bridgehead atoms. The van der Waals surface area contributed by atoms with E-state index in [1.165, 1.54) is 25.3 Å². The smallest absolute Gasteiger partial charge is 0.336 e. The van der Waals surface area contributed by atoms with Gasteiger partial charge in [0.15, 0.2) is 11.0 Å². The van der Waals surface area contributed by atoms with Crippen molar-refractivity contribution in [2.45, 2.75) is 50.1 Å². The average Bonchev–Trinajstić information content (AvgIpc) is 3.29. The van der Waals surface area contributed by atoms with Crippen molar-refractivity contribution in [3.63, 3.8) is 0 Å². The molecule has 0 amide bonds. The number of benzene rings is 2. The first-order chi connectivity index (χ1) is 16.5. The van der Waals surface area contributed by atoms with Crippen molar-refractivity contribution >= 4 is 22.7 Å². The lowest BCUT2D eigenvalue weighted by atomic mass is 10.1. The second-order valence-electron chi connectivity index (χ2n) is 8.75. The fourth-order valence-corrected chi connectivity index (χ4v) is 5.56. The monoisotopic (exact) mass is 476 g/mol. The van der Waals surface area contributed by atoms with Gasteiger partial charge in [-0.3, -0.25) is 9.47 Å². The number of piperidine rings is 1. The van der Waals surface area contributed by atoms with E-state index in [-0.39, 0.29) is 11.8 Å². The SMILES string of the molecule is Cc1c(O)ccc2c(CSc3nnc(C(C)N4CCCCC4)n3-c3ccccc3)cc(=O)oc12. The van der Waals surface area contributed by atoms with Crippen LogP contribution in [0, 0.1) is 6.92 Å². The minimum absolute atomic E-state index is 0.112. The summed E-state index contributed by atoms with van der Waals surface area (Å²) in [4.78, 5) is 14.7. The highest BCUT2D eigenvalue weighted by Crippen LogP contribution is 2.33. The number of phenols is 1. The summed E-state index contributed by atoms with van der Waals surface area (Å²) in [6, 6.07) is 15.3. The first-order valence-electron chi connectivity index (χ1n) is 11.7. The highest BCUT2D eigenvalue weighted by Gasteiger charge is 2.25. The Morgan fingerprint density at radius 3 is 2.62 bits per heavy atom. The highest BCUT2D eigenvalue weighted by molar-refractivity contribution is 7.98. The van der Waals surface area contributed by atoms with Crippen LogP contribution in [0.1, 0.15) is 49.2 Å². The molecule has 4 aromatic rings. The van der Waals surface area contributed by atoms with Gasteiger partial charge in [0.1, 0.15) is 11.3 Å². The van der Waals surface area contributed by atoms with E-state index in [1.54, 1.807) is 30.8 Å². The molecule has 176 valence electrons. The highest BCUT2D eigenvalue weighted by atomic mass is 32.2. The van der Waals surface area contributed by atoms with Gasteiger partial charge < -0.3 is 9.52 Å². The Balaban J connectivity index is 1.51. The number of rotatable bonds is 6. The van der Waals surface area contributed by atoms with Gasteiger partial charge in [0.05, 0.1) is 6.04 Å². The number of nitrogens with zero attached hydrogens (tertiary/aromatic N) is 4. The maximum atomic E-state index is 12.2. The number of aromatic nitrogens is 3. The van der Waals surface area contributed by atoms with Gasteiger partial charge in [-0.1, -0.05) is 36.4 Å². The van der Waals surface area contributed by atoms with E-state index < -0.39 is 5.63 Å². The molecule has 8 heteroatoms. The number of hydrogen-bond acceptors (Lipinski definition) is 7. The van der Waals surface area contributed by atoms with Gasteiger partial charge in [-0.05, 0) is 69.6 Å². The lowest BCUT2D eigenvalue weighted by molar-refractivity contribution is 0.167. The quantitative estimate of drug-likeness (QED) is 0.301. The lowest BCUT2D eigenvalue weighted by Gasteiger charge is -2.31. The van der Waals surface area contributed by atoms with Gasteiger partial charge in [0.25, 0.3) is 0 Å². The molecule has 1 fully saturated rings. The standard InChI is InChI=1S/C26H28N4O3S/c1-17-22(31)12-11-21-19(15-23(32)33-24(17)21)16-34-26-28-27-25(18(2)29-13-7-4-8-14-29)30(26)20-9-5-3-6-10-20/h3,5-6,9-12,15,18,31H,4,7-8,13-14,16H2,1-2H3. The minimum Gasteiger partial charge on any atom is -0.508 e. The Bertz CT molecular complexity index is 1360. The summed E-state index contributed by atoms with van der Waals surface area (Å²) < 4.78 is 7.53. The predicted molar refractivity (Wildman–Crippen MR) is 134 cm³/mol. The molecule has 0 radical (unpaired) electrons. The van der Waals surface area contributed by atoms with Crippen LogP contribution < -0.4 is 5.63 Å². The Kier molecular flexibility index (Phi) is 6.43. The Labute approximate surface area is 202 Å². The molecule has 1 unspecified atom stereocenters. The van der Waals surface area contributed by atoms with Crippen LogP contribution in [0.2, 0.25) is 0 Å². The summed E-state index contributed by atoms with van der Waals surface area (Å²) in [6.07, 6.45) is 3.71. The molecule has 3 heterocycles. The molecule has 2 aromatic carbocycles. The van der Waals surface area contributed by atoms with E-state index in [0.717, 1.165) is 40.7 Å². The fraction of sp³-hybridized carbons (Fsp3) is 0.346. The summed E-state index contributed by atoms with van der Waals surface area (Å²) in [5.74, 6) is 1.56. The summed E-state index contributed by atoms with van der Waals surface area (Å²) >= 11 is 1.54. The van der Waals surface area contributed by atoms with Gasteiger partial charge in [0.2, 0.25) is 0 Å². The average molecular weight is 477 g/mol. The molecule has 1 saturated heterocycles. The van der Waals surface area contributed by atoms with Gasteiger partial charge in [0, 0.05) is 28.5 Å².